The molecule has 4 aromatic rings. The molecule has 0 atom stereocenters. The molecule has 8 heteroatoms. The van der Waals surface area contributed by atoms with Crippen molar-refractivity contribution >= 4 is 45.5 Å². The maximum atomic E-state index is 12.5. The van der Waals surface area contributed by atoms with Gasteiger partial charge in [0, 0.05) is 16.5 Å². The number of carbonyl (C=O) groups is 1. The van der Waals surface area contributed by atoms with Gasteiger partial charge in [-0.2, -0.15) is 0 Å². The van der Waals surface area contributed by atoms with Crippen molar-refractivity contribution in [2.45, 2.75) is 16.7 Å². The molecule has 4 rings (SSSR count). The normalized spacial score (nSPS) is 11.2. The number of aromatic nitrogens is 1. The number of benzene rings is 2. The average molecular weight is 396 g/mol. The minimum Gasteiger partial charge on any atom is -0.508 e. The molecule has 7 nitrogen and oxygen atoms in total. The molecular weight excluding hydrogens is 380 g/mol. The number of fused-ring (bicyclic) bond motifs is 3. The van der Waals surface area contributed by atoms with Gasteiger partial charge in [0.05, 0.1) is 16.9 Å². The number of anilines is 1. The van der Waals surface area contributed by atoms with Crippen LogP contribution >= 0.6 is 11.8 Å². The van der Waals surface area contributed by atoms with Crippen LogP contribution in [0.15, 0.2) is 56.8 Å². The molecule has 0 bridgehead atoms. The first kappa shape index (κ1) is 18.0. The zero-order valence-electron chi connectivity index (χ0n) is 14.8. The van der Waals surface area contributed by atoms with E-state index in [1.54, 1.807) is 37.4 Å². The molecule has 0 unspecified atom stereocenters. The van der Waals surface area contributed by atoms with Crippen LogP contribution in [-0.2, 0) is 4.74 Å². The number of esters is 1. The first-order valence-corrected chi connectivity index (χ1v) is 9.28. The van der Waals surface area contributed by atoms with Gasteiger partial charge in [-0.05, 0) is 43.3 Å². The van der Waals surface area contributed by atoms with Gasteiger partial charge in [0.15, 0.2) is 5.75 Å². The van der Waals surface area contributed by atoms with Crippen LogP contribution in [0.5, 0.6) is 11.5 Å². The van der Waals surface area contributed by atoms with E-state index in [0.29, 0.717) is 26.8 Å². The SMILES string of the molecule is CCOC(=O)c1c(N)oc2c1c(Sc1ccc(O)cc1)c(O)c1ncccc12. The van der Waals surface area contributed by atoms with E-state index in [4.69, 9.17) is 14.9 Å². The first-order valence-electron chi connectivity index (χ1n) is 8.46. The summed E-state index contributed by atoms with van der Waals surface area (Å²) in [6.07, 6.45) is 1.56. The number of nitrogens with zero attached hydrogens (tertiary/aromatic N) is 1. The Morgan fingerprint density at radius 2 is 2.00 bits per heavy atom. The van der Waals surface area contributed by atoms with Crippen molar-refractivity contribution in [3.8, 4) is 11.5 Å². The second kappa shape index (κ2) is 6.97. The van der Waals surface area contributed by atoms with Crippen LogP contribution in [0.2, 0.25) is 0 Å². The molecule has 28 heavy (non-hydrogen) atoms. The summed E-state index contributed by atoms with van der Waals surface area (Å²) in [5.41, 5.74) is 6.75. The Morgan fingerprint density at radius 1 is 1.25 bits per heavy atom. The third-order valence-electron chi connectivity index (χ3n) is 4.19. The number of pyridine rings is 1. The Hall–Kier alpha value is -3.39. The lowest BCUT2D eigenvalue weighted by atomic mass is 10.1. The minimum absolute atomic E-state index is 0.0687. The van der Waals surface area contributed by atoms with Gasteiger partial charge in [-0.25, -0.2) is 4.79 Å². The van der Waals surface area contributed by atoms with Crippen LogP contribution in [0.25, 0.3) is 21.9 Å². The van der Waals surface area contributed by atoms with Crippen molar-refractivity contribution < 1.29 is 24.2 Å². The van der Waals surface area contributed by atoms with Gasteiger partial charge < -0.3 is 25.1 Å². The van der Waals surface area contributed by atoms with Crippen LogP contribution in [0.1, 0.15) is 17.3 Å². The smallest absolute Gasteiger partial charge is 0.344 e. The van der Waals surface area contributed by atoms with E-state index in [9.17, 15) is 15.0 Å². The van der Waals surface area contributed by atoms with E-state index >= 15 is 0 Å². The number of carbonyl (C=O) groups excluding carboxylic acids is 1. The van der Waals surface area contributed by atoms with Crippen LogP contribution in [0.3, 0.4) is 0 Å². The van der Waals surface area contributed by atoms with Crippen molar-refractivity contribution in [3.63, 3.8) is 0 Å². The molecule has 0 aliphatic rings. The highest BCUT2D eigenvalue weighted by Crippen LogP contribution is 2.48. The van der Waals surface area contributed by atoms with Crippen molar-refractivity contribution in [2.75, 3.05) is 12.3 Å². The van der Waals surface area contributed by atoms with Gasteiger partial charge in [-0.3, -0.25) is 4.98 Å². The van der Waals surface area contributed by atoms with Crippen molar-refractivity contribution in [3.05, 3.63) is 48.2 Å². The fraction of sp³-hybridized carbons (Fsp3) is 0.100. The highest BCUT2D eigenvalue weighted by atomic mass is 32.2. The molecule has 2 aromatic heterocycles. The Bertz CT molecular complexity index is 1200. The predicted molar refractivity (Wildman–Crippen MR) is 106 cm³/mol. The first-order chi connectivity index (χ1) is 13.5. The summed E-state index contributed by atoms with van der Waals surface area (Å²) in [5.74, 6) is -0.683. The summed E-state index contributed by atoms with van der Waals surface area (Å²) in [6.45, 7) is 1.87. The molecule has 0 fully saturated rings. The fourth-order valence-corrected chi connectivity index (χ4v) is 3.99. The molecule has 0 saturated heterocycles. The van der Waals surface area contributed by atoms with Crippen LogP contribution < -0.4 is 5.73 Å². The highest BCUT2D eigenvalue weighted by molar-refractivity contribution is 7.99. The summed E-state index contributed by atoms with van der Waals surface area (Å²) in [5, 5.41) is 21.4. The molecule has 0 aliphatic heterocycles. The number of ether oxygens (including phenoxy) is 1. The molecule has 0 spiro atoms. The molecule has 0 aliphatic carbocycles. The van der Waals surface area contributed by atoms with E-state index in [2.05, 4.69) is 4.98 Å². The van der Waals surface area contributed by atoms with Crippen molar-refractivity contribution in [1.82, 2.24) is 4.98 Å². The van der Waals surface area contributed by atoms with E-state index in [1.807, 2.05) is 0 Å². The lowest BCUT2D eigenvalue weighted by Crippen LogP contribution is -2.06. The summed E-state index contributed by atoms with van der Waals surface area (Å²) in [4.78, 5) is 17.9. The molecule has 0 radical (unpaired) electrons. The largest absolute Gasteiger partial charge is 0.508 e. The number of phenols is 2. The summed E-state index contributed by atoms with van der Waals surface area (Å²) < 4.78 is 10.8. The summed E-state index contributed by atoms with van der Waals surface area (Å²) in [7, 11) is 0. The van der Waals surface area contributed by atoms with Gasteiger partial charge in [0.1, 0.15) is 22.4 Å². The predicted octanol–water partition coefficient (Wildman–Crippen LogP) is 4.30. The molecule has 4 N–H and O–H groups in total. The minimum atomic E-state index is -0.631. The number of aromatic hydroxyl groups is 2. The number of hydrogen-bond donors (Lipinski definition) is 3. The van der Waals surface area contributed by atoms with Gasteiger partial charge >= 0.3 is 5.97 Å². The zero-order chi connectivity index (χ0) is 19.8. The van der Waals surface area contributed by atoms with Gasteiger partial charge in [-0.15, -0.1) is 0 Å². The Kier molecular flexibility index (Phi) is 4.48. The van der Waals surface area contributed by atoms with E-state index in [1.165, 1.54) is 23.9 Å². The monoisotopic (exact) mass is 396 g/mol. The van der Waals surface area contributed by atoms with E-state index < -0.39 is 5.97 Å². The number of rotatable bonds is 4. The quantitative estimate of drug-likeness (QED) is 0.437. The number of nitrogen functional groups attached to an aromatic ring is 1. The van der Waals surface area contributed by atoms with Crippen LogP contribution in [0, 0.1) is 0 Å². The summed E-state index contributed by atoms with van der Waals surface area (Å²) in [6, 6.07) is 9.90. The van der Waals surface area contributed by atoms with Crippen LogP contribution in [0.4, 0.5) is 5.88 Å². The lowest BCUT2D eigenvalue weighted by Gasteiger charge is -2.10. The molecule has 2 heterocycles. The maximum absolute atomic E-state index is 12.5. The third kappa shape index (κ3) is 2.87. The number of furan rings is 1. The molecular formula is C20H16N2O5S. The number of nitrogens with two attached hydrogens (primary N) is 1. The number of hydrogen-bond acceptors (Lipinski definition) is 8. The van der Waals surface area contributed by atoms with E-state index in [-0.39, 0.29) is 29.6 Å². The molecule has 2 aromatic carbocycles. The standard InChI is InChI=1S/C20H16N2O5S/c1-2-26-20(25)14-13-17(27-19(14)21)12-4-3-9-22-15(12)16(24)18(13)28-11-7-5-10(23)6-8-11/h3-9,23-24H,2,21H2,1H3. The summed E-state index contributed by atoms with van der Waals surface area (Å²) >= 11 is 1.21. The van der Waals surface area contributed by atoms with Gasteiger partial charge in [0.25, 0.3) is 0 Å². The average Bonchev–Trinajstić information content (AvgIpc) is 3.04. The second-order valence-electron chi connectivity index (χ2n) is 5.94. The van der Waals surface area contributed by atoms with Crippen molar-refractivity contribution in [2.24, 2.45) is 0 Å². The fourth-order valence-electron chi connectivity index (χ4n) is 3.00. The van der Waals surface area contributed by atoms with Gasteiger partial charge in [-0.1, -0.05) is 11.8 Å². The van der Waals surface area contributed by atoms with Gasteiger partial charge in [0.2, 0.25) is 5.88 Å². The topological polar surface area (TPSA) is 119 Å². The Morgan fingerprint density at radius 3 is 2.71 bits per heavy atom. The maximum Gasteiger partial charge on any atom is 0.344 e. The molecule has 142 valence electrons. The number of phenolic OH excluding ortho intramolecular Hbond substituents is 2. The third-order valence-corrected chi connectivity index (χ3v) is 5.30. The zero-order valence-corrected chi connectivity index (χ0v) is 15.6. The Labute approximate surface area is 163 Å². The Balaban J connectivity index is 2.05. The van der Waals surface area contributed by atoms with E-state index in [0.717, 1.165) is 4.90 Å². The second-order valence-corrected chi connectivity index (χ2v) is 7.02. The molecule has 0 amide bonds. The molecule has 0 saturated carbocycles. The highest BCUT2D eigenvalue weighted by Gasteiger charge is 2.28. The van der Waals surface area contributed by atoms with Crippen molar-refractivity contribution in [1.29, 1.82) is 0 Å². The lowest BCUT2D eigenvalue weighted by molar-refractivity contribution is 0.0529. The van der Waals surface area contributed by atoms with Crippen LogP contribution in [-0.4, -0.2) is 27.8 Å².